The zero-order valence-electron chi connectivity index (χ0n) is 17.4. The summed E-state index contributed by atoms with van der Waals surface area (Å²) >= 11 is 0. The third kappa shape index (κ3) is 4.18. The third-order valence-corrected chi connectivity index (χ3v) is 7.65. The van der Waals surface area contributed by atoms with Crippen molar-refractivity contribution in [2.45, 2.75) is 23.5 Å². The number of para-hydroxylation sites is 1. The Balaban J connectivity index is 1.58. The number of hydrogen-bond donors (Lipinski definition) is 0. The molecule has 0 N–H and O–H groups in total. The maximum Gasteiger partial charge on any atom is 0.246 e. The molecule has 2 heterocycles. The van der Waals surface area contributed by atoms with Crippen molar-refractivity contribution in [3.05, 3.63) is 54.1 Å². The quantitative estimate of drug-likeness (QED) is 0.698. The monoisotopic (exact) mass is 432 g/mol. The van der Waals surface area contributed by atoms with Crippen LogP contribution in [0.3, 0.4) is 0 Å². The molecule has 0 unspecified atom stereocenters. The Hall–Kier alpha value is -2.13. The summed E-state index contributed by atoms with van der Waals surface area (Å²) in [4.78, 5) is 2.54. The molecule has 0 bridgehead atoms. The third-order valence-electron chi connectivity index (χ3n) is 5.76. The Morgan fingerprint density at radius 2 is 1.83 bits per heavy atom. The number of rotatable bonds is 6. The number of benzene rings is 2. The Labute approximate surface area is 178 Å². The van der Waals surface area contributed by atoms with E-state index in [4.69, 9.17) is 14.2 Å². The van der Waals surface area contributed by atoms with E-state index in [2.05, 4.69) is 17.0 Å². The van der Waals surface area contributed by atoms with E-state index in [1.54, 1.807) is 32.4 Å². The van der Waals surface area contributed by atoms with Crippen LogP contribution in [0.4, 0.5) is 0 Å². The number of nitrogens with zero attached hydrogens (tertiary/aromatic N) is 2. The molecule has 2 aliphatic rings. The molecule has 2 aliphatic heterocycles. The lowest BCUT2D eigenvalue weighted by Gasteiger charge is -2.32. The fourth-order valence-corrected chi connectivity index (χ4v) is 5.83. The molecule has 2 aromatic carbocycles. The van der Waals surface area contributed by atoms with Gasteiger partial charge in [0.25, 0.3) is 0 Å². The van der Waals surface area contributed by atoms with Gasteiger partial charge in [0.1, 0.15) is 22.0 Å². The van der Waals surface area contributed by atoms with Crippen LogP contribution in [-0.2, 0) is 21.3 Å². The first-order valence-electron chi connectivity index (χ1n) is 10.1. The highest BCUT2D eigenvalue weighted by atomic mass is 32.2. The van der Waals surface area contributed by atoms with Crippen LogP contribution in [0, 0.1) is 0 Å². The van der Waals surface area contributed by atoms with E-state index in [9.17, 15) is 8.42 Å². The number of likely N-dealkylation sites (tertiary alicyclic amines) is 1. The van der Waals surface area contributed by atoms with Crippen molar-refractivity contribution in [3.8, 4) is 11.5 Å². The summed E-state index contributed by atoms with van der Waals surface area (Å²) < 4.78 is 44.9. The van der Waals surface area contributed by atoms with Crippen molar-refractivity contribution >= 4 is 10.0 Å². The van der Waals surface area contributed by atoms with Crippen molar-refractivity contribution < 1.29 is 22.6 Å². The van der Waals surface area contributed by atoms with Crippen LogP contribution in [-0.4, -0.2) is 70.2 Å². The summed E-state index contributed by atoms with van der Waals surface area (Å²) in [5, 5.41) is 0. The lowest BCUT2D eigenvalue weighted by atomic mass is 10.0. The molecular formula is C22H28N2O5S. The summed E-state index contributed by atoms with van der Waals surface area (Å²) in [6.45, 7) is 3.23. The molecule has 1 spiro atoms. The minimum Gasteiger partial charge on any atom is -0.497 e. The summed E-state index contributed by atoms with van der Waals surface area (Å²) in [6, 6.07) is 14.9. The average Bonchev–Trinajstić information content (AvgIpc) is 3.10. The maximum atomic E-state index is 13.3. The van der Waals surface area contributed by atoms with Gasteiger partial charge in [-0.05, 0) is 29.8 Å². The fourth-order valence-electron chi connectivity index (χ4n) is 4.21. The van der Waals surface area contributed by atoms with Crippen LogP contribution in [0.1, 0.15) is 12.0 Å². The molecule has 1 atom stereocenters. The topological polar surface area (TPSA) is 68.3 Å². The Morgan fingerprint density at radius 1 is 1.07 bits per heavy atom. The molecule has 30 heavy (non-hydrogen) atoms. The smallest absolute Gasteiger partial charge is 0.246 e. The zero-order valence-corrected chi connectivity index (χ0v) is 18.2. The van der Waals surface area contributed by atoms with Crippen molar-refractivity contribution in [3.63, 3.8) is 0 Å². The highest BCUT2D eigenvalue weighted by Gasteiger charge is 2.47. The summed E-state index contributed by atoms with van der Waals surface area (Å²) in [5.41, 5.74) is 0.602. The molecule has 0 aromatic heterocycles. The zero-order chi connectivity index (χ0) is 21.2. The molecule has 1 fully saturated rings. The minimum absolute atomic E-state index is 0.228. The Bertz CT molecular complexity index is 979. The number of sulfonamides is 1. The molecule has 0 saturated carbocycles. The molecule has 7 nitrogen and oxygen atoms in total. The van der Waals surface area contributed by atoms with E-state index >= 15 is 0 Å². The van der Waals surface area contributed by atoms with E-state index in [1.807, 2.05) is 18.2 Å². The van der Waals surface area contributed by atoms with Gasteiger partial charge in [0.15, 0.2) is 0 Å². The van der Waals surface area contributed by atoms with E-state index < -0.39 is 15.6 Å². The average molecular weight is 433 g/mol. The molecule has 162 valence electrons. The van der Waals surface area contributed by atoms with Gasteiger partial charge in [0.2, 0.25) is 10.0 Å². The van der Waals surface area contributed by atoms with Crippen LogP contribution in [0.15, 0.2) is 53.4 Å². The second-order valence-corrected chi connectivity index (χ2v) is 9.78. The number of ether oxygens (including phenoxy) is 3. The first-order chi connectivity index (χ1) is 14.5. The SMILES string of the molecule is COCCN1C[C@@]2(CCN(Cc3ccc(OC)cc3)C2)Oc2ccccc2S1(=O)=O. The lowest BCUT2D eigenvalue weighted by molar-refractivity contribution is 0.0533. The molecule has 2 aromatic rings. The Kier molecular flexibility index (Phi) is 6.02. The van der Waals surface area contributed by atoms with E-state index in [0.29, 0.717) is 32.0 Å². The summed E-state index contributed by atoms with van der Waals surface area (Å²) in [6.07, 6.45) is 0.760. The predicted molar refractivity (Wildman–Crippen MR) is 113 cm³/mol. The molecule has 8 heteroatoms. The second kappa shape index (κ2) is 8.55. The van der Waals surface area contributed by atoms with Crippen LogP contribution < -0.4 is 9.47 Å². The second-order valence-electron chi connectivity index (χ2n) is 7.87. The largest absolute Gasteiger partial charge is 0.497 e. The van der Waals surface area contributed by atoms with Gasteiger partial charge in [-0.15, -0.1) is 0 Å². The van der Waals surface area contributed by atoms with Crippen LogP contribution in [0.2, 0.25) is 0 Å². The molecule has 1 saturated heterocycles. The van der Waals surface area contributed by atoms with Crippen LogP contribution in [0.25, 0.3) is 0 Å². The summed E-state index contributed by atoms with van der Waals surface area (Å²) in [7, 11) is -0.406. The molecular weight excluding hydrogens is 404 g/mol. The van der Waals surface area contributed by atoms with Gasteiger partial charge in [-0.2, -0.15) is 4.31 Å². The summed E-state index contributed by atoms with van der Waals surface area (Å²) in [5.74, 6) is 1.27. The molecule has 0 radical (unpaired) electrons. The van der Waals surface area contributed by atoms with Gasteiger partial charge >= 0.3 is 0 Å². The highest BCUT2D eigenvalue weighted by Crippen LogP contribution is 2.38. The lowest BCUT2D eigenvalue weighted by Crippen LogP contribution is -2.49. The normalized spacial score (nSPS) is 23.7. The van der Waals surface area contributed by atoms with E-state index in [1.165, 1.54) is 9.87 Å². The van der Waals surface area contributed by atoms with Gasteiger partial charge in [0, 0.05) is 39.7 Å². The van der Waals surface area contributed by atoms with Gasteiger partial charge in [-0.3, -0.25) is 4.90 Å². The van der Waals surface area contributed by atoms with Gasteiger partial charge < -0.3 is 14.2 Å². The van der Waals surface area contributed by atoms with Crippen molar-refractivity contribution in [2.24, 2.45) is 0 Å². The molecule has 4 rings (SSSR count). The van der Waals surface area contributed by atoms with Gasteiger partial charge in [-0.25, -0.2) is 8.42 Å². The number of fused-ring (bicyclic) bond motifs is 1. The van der Waals surface area contributed by atoms with Crippen molar-refractivity contribution in [1.29, 1.82) is 0 Å². The van der Waals surface area contributed by atoms with Gasteiger partial charge in [-0.1, -0.05) is 24.3 Å². The maximum absolute atomic E-state index is 13.3. The Morgan fingerprint density at radius 3 is 2.57 bits per heavy atom. The van der Waals surface area contributed by atoms with Crippen molar-refractivity contribution in [1.82, 2.24) is 9.21 Å². The van der Waals surface area contributed by atoms with E-state index in [0.717, 1.165) is 25.3 Å². The van der Waals surface area contributed by atoms with Crippen LogP contribution >= 0.6 is 0 Å². The van der Waals surface area contributed by atoms with Crippen LogP contribution in [0.5, 0.6) is 11.5 Å². The molecule has 0 amide bonds. The predicted octanol–water partition coefficient (Wildman–Crippen LogP) is 2.37. The van der Waals surface area contributed by atoms with Crippen molar-refractivity contribution in [2.75, 3.05) is 47.0 Å². The van der Waals surface area contributed by atoms with E-state index in [-0.39, 0.29) is 4.90 Å². The minimum atomic E-state index is -3.64. The first kappa shape index (κ1) is 21.1. The fraction of sp³-hybridized carbons (Fsp3) is 0.455. The standard InChI is InChI=1S/C22H28N2O5S/c1-27-14-13-24-17-22(29-20-5-3-4-6-21(20)30(24,25)26)11-12-23(16-22)15-18-7-9-19(28-2)10-8-18/h3-10H,11-17H2,1-2H3/t22-/m0/s1. The number of methoxy groups -OCH3 is 2. The van der Waals surface area contributed by atoms with Gasteiger partial charge in [0.05, 0.1) is 20.3 Å². The first-order valence-corrected chi connectivity index (χ1v) is 11.5. The number of hydrogen-bond acceptors (Lipinski definition) is 6. The molecule has 0 aliphatic carbocycles. The highest BCUT2D eigenvalue weighted by molar-refractivity contribution is 7.89.